The predicted molar refractivity (Wildman–Crippen MR) is 55.8 cm³/mol. The zero-order valence-electron chi connectivity index (χ0n) is 8.99. The molecule has 90 valence electrons. The summed E-state index contributed by atoms with van der Waals surface area (Å²) in [4.78, 5) is 0. The van der Waals surface area contributed by atoms with E-state index in [1.807, 2.05) is 0 Å². The van der Waals surface area contributed by atoms with E-state index in [1.165, 1.54) is 13.2 Å². The minimum atomic E-state index is -1.26. The second-order valence-electron chi connectivity index (χ2n) is 3.60. The van der Waals surface area contributed by atoms with Crippen molar-refractivity contribution < 1.29 is 18.6 Å². The van der Waals surface area contributed by atoms with Gasteiger partial charge in [0.1, 0.15) is 11.6 Å². The second kappa shape index (κ2) is 5.89. The zero-order chi connectivity index (χ0) is 12.1. The Labute approximate surface area is 92.8 Å². The van der Waals surface area contributed by atoms with Crippen molar-refractivity contribution in [3.8, 4) is 0 Å². The van der Waals surface area contributed by atoms with Crippen LogP contribution < -0.4 is 5.73 Å². The van der Waals surface area contributed by atoms with Gasteiger partial charge in [-0.05, 0) is 18.6 Å². The molecule has 3 nitrogen and oxygen atoms in total. The van der Waals surface area contributed by atoms with Gasteiger partial charge in [-0.2, -0.15) is 0 Å². The smallest absolute Gasteiger partial charge is 0.131 e. The molecule has 1 rings (SSSR count). The number of hydrogen-bond acceptors (Lipinski definition) is 3. The molecule has 0 saturated carbocycles. The molecular weight excluding hydrogens is 216 g/mol. The van der Waals surface area contributed by atoms with Crippen molar-refractivity contribution in [2.24, 2.45) is 5.73 Å². The van der Waals surface area contributed by atoms with Crippen molar-refractivity contribution in [3.05, 3.63) is 35.4 Å². The van der Waals surface area contributed by atoms with Gasteiger partial charge in [-0.25, -0.2) is 8.78 Å². The van der Waals surface area contributed by atoms with E-state index in [1.54, 1.807) is 0 Å². The van der Waals surface area contributed by atoms with Crippen molar-refractivity contribution in [3.63, 3.8) is 0 Å². The average Bonchev–Trinajstić information content (AvgIpc) is 2.17. The van der Waals surface area contributed by atoms with Crippen LogP contribution in [0.2, 0.25) is 0 Å². The number of ether oxygens (including phenoxy) is 1. The molecule has 0 aliphatic carbocycles. The number of methoxy groups -OCH3 is 1. The standard InChI is InChI=1S/C11H15F2NO2/c1-16-6-7(14)5-10(15)11-8(12)3-2-4-9(11)13/h2-4,7,10,15H,5-6,14H2,1H3. The highest BCUT2D eigenvalue weighted by molar-refractivity contribution is 5.22. The maximum Gasteiger partial charge on any atom is 0.131 e. The van der Waals surface area contributed by atoms with Gasteiger partial charge >= 0.3 is 0 Å². The highest BCUT2D eigenvalue weighted by atomic mass is 19.1. The van der Waals surface area contributed by atoms with E-state index in [2.05, 4.69) is 0 Å². The Bertz CT molecular complexity index is 327. The van der Waals surface area contributed by atoms with Gasteiger partial charge in [0.05, 0.1) is 18.3 Å². The van der Waals surface area contributed by atoms with E-state index in [-0.39, 0.29) is 18.6 Å². The third kappa shape index (κ3) is 3.23. The molecule has 0 spiro atoms. The Hall–Kier alpha value is -1.04. The highest BCUT2D eigenvalue weighted by Crippen LogP contribution is 2.23. The molecule has 0 bridgehead atoms. The lowest BCUT2D eigenvalue weighted by atomic mass is 10.0. The Morgan fingerprint density at radius 3 is 2.44 bits per heavy atom. The summed E-state index contributed by atoms with van der Waals surface area (Å²) in [6, 6.07) is 2.99. The molecular formula is C11H15F2NO2. The Morgan fingerprint density at radius 2 is 1.94 bits per heavy atom. The topological polar surface area (TPSA) is 55.5 Å². The van der Waals surface area contributed by atoms with E-state index in [9.17, 15) is 13.9 Å². The first-order valence-corrected chi connectivity index (χ1v) is 4.92. The molecule has 0 heterocycles. The second-order valence-corrected chi connectivity index (χ2v) is 3.60. The molecule has 0 aromatic heterocycles. The molecule has 0 amide bonds. The first-order chi connectivity index (χ1) is 7.56. The van der Waals surface area contributed by atoms with Crippen LogP contribution in [0.5, 0.6) is 0 Å². The molecule has 0 aliphatic rings. The monoisotopic (exact) mass is 231 g/mol. The molecule has 1 aromatic carbocycles. The number of aliphatic hydroxyl groups is 1. The van der Waals surface area contributed by atoms with Crippen LogP contribution in [-0.2, 0) is 4.74 Å². The number of nitrogens with two attached hydrogens (primary N) is 1. The molecule has 16 heavy (non-hydrogen) atoms. The largest absolute Gasteiger partial charge is 0.388 e. The Morgan fingerprint density at radius 1 is 1.38 bits per heavy atom. The van der Waals surface area contributed by atoms with Crippen LogP contribution in [-0.4, -0.2) is 24.9 Å². The quantitative estimate of drug-likeness (QED) is 0.804. The number of halogens is 2. The highest BCUT2D eigenvalue weighted by Gasteiger charge is 2.20. The summed E-state index contributed by atoms with van der Waals surface area (Å²) in [5.74, 6) is -1.53. The summed E-state index contributed by atoms with van der Waals surface area (Å²) in [6.07, 6.45) is -1.21. The fraction of sp³-hybridized carbons (Fsp3) is 0.455. The lowest BCUT2D eigenvalue weighted by Crippen LogP contribution is -2.28. The van der Waals surface area contributed by atoms with Gasteiger partial charge < -0.3 is 15.6 Å². The van der Waals surface area contributed by atoms with Crippen molar-refractivity contribution in [2.75, 3.05) is 13.7 Å². The zero-order valence-corrected chi connectivity index (χ0v) is 8.99. The fourth-order valence-corrected chi connectivity index (χ4v) is 1.52. The normalized spacial score (nSPS) is 14.8. The molecule has 5 heteroatoms. The maximum absolute atomic E-state index is 13.3. The van der Waals surface area contributed by atoms with Crippen LogP contribution in [0.25, 0.3) is 0 Å². The number of hydrogen-bond donors (Lipinski definition) is 2. The first-order valence-electron chi connectivity index (χ1n) is 4.92. The van der Waals surface area contributed by atoms with Crippen LogP contribution in [0.15, 0.2) is 18.2 Å². The van der Waals surface area contributed by atoms with E-state index in [4.69, 9.17) is 10.5 Å². The number of rotatable bonds is 5. The molecule has 2 atom stereocenters. The summed E-state index contributed by atoms with van der Waals surface area (Å²) in [5, 5.41) is 9.66. The minimum absolute atomic E-state index is 0.0473. The van der Waals surface area contributed by atoms with E-state index < -0.39 is 23.8 Å². The predicted octanol–water partition coefficient (Wildman–Crippen LogP) is 1.36. The molecule has 1 aromatic rings. The third-order valence-corrected chi connectivity index (χ3v) is 2.24. The van der Waals surface area contributed by atoms with Crippen LogP contribution >= 0.6 is 0 Å². The van der Waals surface area contributed by atoms with Crippen molar-refractivity contribution in [1.82, 2.24) is 0 Å². The number of benzene rings is 1. The van der Waals surface area contributed by atoms with Crippen molar-refractivity contribution in [1.29, 1.82) is 0 Å². The lowest BCUT2D eigenvalue weighted by Gasteiger charge is -2.17. The Balaban J connectivity index is 2.76. The summed E-state index contributed by atoms with van der Waals surface area (Å²) in [5.41, 5.74) is 5.25. The van der Waals surface area contributed by atoms with E-state index in [0.717, 1.165) is 12.1 Å². The summed E-state index contributed by atoms with van der Waals surface area (Å²) >= 11 is 0. The fourth-order valence-electron chi connectivity index (χ4n) is 1.52. The lowest BCUT2D eigenvalue weighted by molar-refractivity contribution is 0.117. The van der Waals surface area contributed by atoms with Crippen LogP contribution in [0.3, 0.4) is 0 Å². The molecule has 2 unspecified atom stereocenters. The van der Waals surface area contributed by atoms with Gasteiger partial charge in [-0.1, -0.05) is 6.07 Å². The SMILES string of the molecule is COCC(N)CC(O)c1c(F)cccc1F. The van der Waals surface area contributed by atoms with Crippen LogP contribution in [0, 0.1) is 11.6 Å². The summed E-state index contributed by atoms with van der Waals surface area (Å²) in [7, 11) is 1.47. The van der Waals surface area contributed by atoms with E-state index in [0.29, 0.717) is 0 Å². The van der Waals surface area contributed by atoms with Crippen LogP contribution in [0.4, 0.5) is 8.78 Å². The van der Waals surface area contributed by atoms with Gasteiger partial charge in [0.2, 0.25) is 0 Å². The first kappa shape index (κ1) is 13.0. The Kier molecular flexibility index (Phi) is 4.79. The number of aliphatic hydroxyl groups excluding tert-OH is 1. The van der Waals surface area contributed by atoms with Crippen molar-refractivity contribution in [2.45, 2.75) is 18.6 Å². The third-order valence-electron chi connectivity index (χ3n) is 2.24. The van der Waals surface area contributed by atoms with Crippen molar-refractivity contribution >= 4 is 0 Å². The van der Waals surface area contributed by atoms with Crippen LogP contribution in [0.1, 0.15) is 18.1 Å². The summed E-state index contributed by atoms with van der Waals surface area (Å²) < 4.78 is 31.3. The van der Waals surface area contributed by atoms with Gasteiger partial charge in [-0.15, -0.1) is 0 Å². The van der Waals surface area contributed by atoms with Gasteiger partial charge in [-0.3, -0.25) is 0 Å². The molecule has 0 fully saturated rings. The molecule has 0 radical (unpaired) electrons. The van der Waals surface area contributed by atoms with E-state index >= 15 is 0 Å². The van der Waals surface area contributed by atoms with Gasteiger partial charge in [0.15, 0.2) is 0 Å². The maximum atomic E-state index is 13.3. The summed E-state index contributed by atoms with van der Waals surface area (Å²) in [6.45, 7) is 0.229. The average molecular weight is 231 g/mol. The van der Waals surface area contributed by atoms with Gasteiger partial charge in [0, 0.05) is 13.2 Å². The molecule has 3 N–H and O–H groups in total. The molecule has 0 saturated heterocycles. The molecule has 0 aliphatic heterocycles. The van der Waals surface area contributed by atoms with Gasteiger partial charge in [0.25, 0.3) is 0 Å². The minimum Gasteiger partial charge on any atom is -0.388 e.